The molecule has 0 saturated heterocycles. The Kier molecular flexibility index (Phi) is 5.70. The number of hydrogen-bond acceptors (Lipinski definition) is 6. The number of hydrazone groups is 1. The number of nitrogens with one attached hydrogen (secondary N) is 1. The maximum absolute atomic E-state index is 10.8. The smallest absolute Gasteiger partial charge is 0.222 e. The van der Waals surface area contributed by atoms with Crippen LogP contribution in [0.25, 0.3) is 0 Å². The van der Waals surface area contributed by atoms with Gasteiger partial charge in [0.1, 0.15) is 0 Å². The molecule has 0 aromatic heterocycles. The quantitative estimate of drug-likeness (QED) is 0.449. The lowest BCUT2D eigenvalue weighted by molar-refractivity contribution is -0.377. The molecule has 0 unspecified atom stereocenters. The molecule has 3 rings (SSSR count). The molecular weight excluding hydrogens is 346 g/mol. The molecule has 2 aliphatic carbocycles. The molecular formula is C20H26N3O4-. The minimum atomic E-state index is -0.428. The zero-order valence-electron chi connectivity index (χ0n) is 15.9. The van der Waals surface area contributed by atoms with Gasteiger partial charge in [0.15, 0.2) is 0 Å². The Balaban J connectivity index is 1.67. The first kappa shape index (κ1) is 19.2. The number of aliphatic hydroxyl groups is 1. The Bertz CT molecular complexity index is 752. The third kappa shape index (κ3) is 4.24. The van der Waals surface area contributed by atoms with Crippen molar-refractivity contribution in [3.63, 3.8) is 0 Å². The number of aliphatic hydroxyl groups excluding tert-OH is 1. The second-order valence-corrected chi connectivity index (χ2v) is 7.65. The van der Waals surface area contributed by atoms with Gasteiger partial charge in [-0.25, -0.2) is 5.43 Å². The van der Waals surface area contributed by atoms with E-state index in [1.54, 1.807) is 12.2 Å². The van der Waals surface area contributed by atoms with Crippen molar-refractivity contribution in [1.82, 2.24) is 5.43 Å². The first-order chi connectivity index (χ1) is 12.9. The molecule has 2 N–H and O–H groups in total. The van der Waals surface area contributed by atoms with Crippen LogP contribution in [0.15, 0.2) is 52.5 Å². The summed E-state index contributed by atoms with van der Waals surface area (Å²) in [5, 5.41) is 35.5. The molecule has 146 valence electrons. The molecule has 7 nitrogen and oxygen atoms in total. The first-order valence-electron chi connectivity index (χ1n) is 9.30. The standard InChI is InChI=1S/C20H26N3O4/c1-12(2)18-9-15(13(3)8-16(18)11-24)10-19-21-22-20(27-19)14-4-6-17(7-5-14)23(25)26/h4-8,12,15-16,18,22,24H,9-11H2,1-3H3/q-1/t15-,16-,18-/m0/s1. The topological polar surface area (TPSA) is 103 Å². The molecule has 7 heteroatoms. The van der Waals surface area contributed by atoms with Gasteiger partial charge in [0, 0.05) is 36.7 Å². The van der Waals surface area contributed by atoms with E-state index < -0.39 is 4.90 Å². The average molecular weight is 372 g/mol. The molecule has 0 aromatic carbocycles. The summed E-state index contributed by atoms with van der Waals surface area (Å²) in [6.07, 6.45) is 10.1. The van der Waals surface area contributed by atoms with Gasteiger partial charge in [0.05, 0.1) is 0 Å². The highest BCUT2D eigenvalue weighted by Gasteiger charge is 2.33. The largest absolute Gasteiger partial charge is 0.612 e. The minimum Gasteiger partial charge on any atom is -0.612 e. The average Bonchev–Trinajstić information content (AvgIpc) is 3.11. The van der Waals surface area contributed by atoms with Crippen LogP contribution in [0.2, 0.25) is 0 Å². The van der Waals surface area contributed by atoms with Gasteiger partial charge in [-0.05, 0) is 43.3 Å². The summed E-state index contributed by atoms with van der Waals surface area (Å²) >= 11 is 0. The van der Waals surface area contributed by atoms with Crippen molar-refractivity contribution in [3.05, 3.63) is 57.8 Å². The molecule has 0 spiro atoms. The summed E-state index contributed by atoms with van der Waals surface area (Å²) < 4.78 is 5.86. The summed E-state index contributed by atoms with van der Waals surface area (Å²) in [4.78, 5) is -0.428. The van der Waals surface area contributed by atoms with Crippen molar-refractivity contribution in [2.45, 2.75) is 33.6 Å². The SMILES string of the molecule is CC1=C[C@@H](CO)[C@H](C(C)C)C[C@H]1CC1=NNC(=C2C=CC(=[N+]([O-])[O-])C=C2)O1. The lowest BCUT2D eigenvalue weighted by Gasteiger charge is -2.36. The van der Waals surface area contributed by atoms with Gasteiger partial charge in [0.25, 0.3) is 0 Å². The molecule has 27 heavy (non-hydrogen) atoms. The van der Waals surface area contributed by atoms with Gasteiger partial charge in [0.2, 0.25) is 17.5 Å². The number of rotatable bonds is 4. The van der Waals surface area contributed by atoms with Crippen LogP contribution in [0, 0.1) is 34.1 Å². The zero-order valence-corrected chi connectivity index (χ0v) is 15.9. The van der Waals surface area contributed by atoms with E-state index in [0.29, 0.717) is 36.0 Å². The number of ether oxygens (including phenoxy) is 1. The fraction of sp³-hybridized carbons (Fsp3) is 0.500. The number of nitrogens with zero attached hydrogens (tertiary/aromatic N) is 2. The highest BCUT2D eigenvalue weighted by molar-refractivity contribution is 6.02. The van der Waals surface area contributed by atoms with E-state index in [-0.39, 0.29) is 18.2 Å². The summed E-state index contributed by atoms with van der Waals surface area (Å²) in [6.45, 7) is 6.69. The van der Waals surface area contributed by atoms with Crippen LogP contribution >= 0.6 is 0 Å². The Morgan fingerprint density at radius 3 is 2.59 bits per heavy atom. The van der Waals surface area contributed by atoms with Crippen molar-refractivity contribution in [1.29, 1.82) is 0 Å². The third-order valence-electron chi connectivity index (χ3n) is 5.56. The Hall–Kier alpha value is -2.54. The summed E-state index contributed by atoms with van der Waals surface area (Å²) in [7, 11) is 0. The monoisotopic (exact) mass is 372 g/mol. The fourth-order valence-electron chi connectivity index (χ4n) is 3.92. The molecule has 0 fully saturated rings. The predicted molar refractivity (Wildman–Crippen MR) is 104 cm³/mol. The minimum absolute atomic E-state index is 0.0413. The van der Waals surface area contributed by atoms with E-state index in [9.17, 15) is 15.5 Å². The molecule has 3 atom stereocenters. The maximum atomic E-state index is 10.8. The van der Waals surface area contributed by atoms with Gasteiger partial charge in [-0.1, -0.05) is 25.5 Å². The molecule has 0 amide bonds. The van der Waals surface area contributed by atoms with Gasteiger partial charge >= 0.3 is 0 Å². The lowest BCUT2D eigenvalue weighted by Crippen LogP contribution is -2.30. The number of hydrogen-bond donors (Lipinski definition) is 2. The molecule has 3 aliphatic rings. The van der Waals surface area contributed by atoms with Crippen LogP contribution in [-0.4, -0.2) is 28.2 Å². The first-order valence-corrected chi connectivity index (χ1v) is 9.30. The van der Waals surface area contributed by atoms with Crippen molar-refractivity contribution < 1.29 is 14.7 Å². The van der Waals surface area contributed by atoms with Gasteiger partial charge < -0.3 is 20.3 Å². The molecule has 1 heterocycles. The van der Waals surface area contributed by atoms with Crippen LogP contribution in [0.5, 0.6) is 0 Å². The third-order valence-corrected chi connectivity index (χ3v) is 5.56. The van der Waals surface area contributed by atoms with Crippen molar-refractivity contribution in [2.24, 2.45) is 28.8 Å². The summed E-state index contributed by atoms with van der Waals surface area (Å²) in [5.41, 5.74) is 4.91. The van der Waals surface area contributed by atoms with Gasteiger partial charge in [-0.15, -0.1) is 5.10 Å². The normalized spacial score (nSPS) is 27.4. The van der Waals surface area contributed by atoms with Gasteiger partial charge in [-0.3, -0.25) is 0 Å². The van der Waals surface area contributed by atoms with Crippen LogP contribution in [0.4, 0.5) is 0 Å². The van der Waals surface area contributed by atoms with Gasteiger partial charge in [-0.2, -0.15) is 4.90 Å². The molecule has 1 aliphatic heterocycles. The van der Waals surface area contributed by atoms with E-state index >= 15 is 0 Å². The molecule has 0 bridgehead atoms. The van der Waals surface area contributed by atoms with E-state index in [4.69, 9.17) is 4.74 Å². The summed E-state index contributed by atoms with van der Waals surface area (Å²) in [6, 6.07) is 0. The van der Waals surface area contributed by atoms with Crippen molar-refractivity contribution in [3.8, 4) is 0 Å². The van der Waals surface area contributed by atoms with Crippen molar-refractivity contribution >= 4 is 11.6 Å². The highest BCUT2D eigenvalue weighted by Crippen LogP contribution is 2.39. The Morgan fingerprint density at radius 2 is 2.00 bits per heavy atom. The fourth-order valence-corrected chi connectivity index (χ4v) is 3.92. The molecule has 0 saturated carbocycles. The summed E-state index contributed by atoms with van der Waals surface area (Å²) in [5.74, 6) is 2.60. The number of allylic oxidation sites excluding steroid dienone is 6. The molecule has 0 radical (unpaired) electrons. The Morgan fingerprint density at radius 1 is 1.30 bits per heavy atom. The Labute approximate surface area is 159 Å². The van der Waals surface area contributed by atoms with Crippen molar-refractivity contribution in [2.75, 3.05) is 6.61 Å². The second-order valence-electron chi connectivity index (χ2n) is 7.65. The zero-order chi connectivity index (χ0) is 19.6. The maximum Gasteiger partial charge on any atom is 0.222 e. The predicted octanol–water partition coefficient (Wildman–Crippen LogP) is 2.94. The molecule has 0 aromatic rings. The van der Waals surface area contributed by atoms with Crippen LogP contribution in [0.3, 0.4) is 0 Å². The van der Waals surface area contributed by atoms with E-state index in [2.05, 4.69) is 37.4 Å². The van der Waals surface area contributed by atoms with E-state index in [1.807, 2.05) is 0 Å². The van der Waals surface area contributed by atoms with Crippen LogP contribution in [-0.2, 0) is 4.74 Å². The van der Waals surface area contributed by atoms with Crippen LogP contribution < -0.4 is 5.43 Å². The van der Waals surface area contributed by atoms with E-state index in [1.165, 1.54) is 17.7 Å². The van der Waals surface area contributed by atoms with Crippen LogP contribution in [0.1, 0.15) is 33.6 Å². The highest BCUT2D eigenvalue weighted by atomic mass is 16.8. The van der Waals surface area contributed by atoms with E-state index in [0.717, 1.165) is 12.0 Å². The second kappa shape index (κ2) is 8.00. The lowest BCUT2D eigenvalue weighted by atomic mass is 9.70.